The van der Waals surface area contributed by atoms with Crippen molar-refractivity contribution in [3.63, 3.8) is 0 Å². The van der Waals surface area contributed by atoms with E-state index in [-0.39, 0.29) is 11.4 Å². The van der Waals surface area contributed by atoms with Crippen LogP contribution in [0.2, 0.25) is 0 Å². The smallest absolute Gasteiger partial charge is 0.316 e. The summed E-state index contributed by atoms with van der Waals surface area (Å²) in [5.74, 6) is -2.18. The van der Waals surface area contributed by atoms with Crippen molar-refractivity contribution in [2.75, 3.05) is 16.3 Å². The Kier molecular flexibility index (Phi) is 3.85. The minimum Gasteiger partial charge on any atom is -0.316 e. The SMILES string of the molecule is CS(=O)(=O)Nc1ccccc1NC(=O)C(F)(F)F. The van der Waals surface area contributed by atoms with Crippen LogP contribution in [0.3, 0.4) is 0 Å². The number of alkyl halides is 3. The Balaban J connectivity index is 3.00. The number of hydrogen-bond donors (Lipinski definition) is 2. The Morgan fingerprint density at radius 1 is 1.17 bits per heavy atom. The summed E-state index contributed by atoms with van der Waals surface area (Å²) in [5, 5.41) is 1.58. The Bertz CT molecular complexity index is 554. The van der Waals surface area contributed by atoms with E-state index in [4.69, 9.17) is 0 Å². The highest BCUT2D eigenvalue weighted by molar-refractivity contribution is 7.92. The average Bonchev–Trinajstić information content (AvgIpc) is 2.17. The molecule has 5 nitrogen and oxygen atoms in total. The first-order valence-corrected chi connectivity index (χ1v) is 6.44. The molecule has 1 amide bonds. The van der Waals surface area contributed by atoms with Crippen LogP contribution in [-0.2, 0) is 14.8 Å². The van der Waals surface area contributed by atoms with E-state index in [1.54, 1.807) is 5.32 Å². The first-order valence-electron chi connectivity index (χ1n) is 4.54. The molecule has 0 fully saturated rings. The molecule has 0 aliphatic rings. The molecular weight excluding hydrogens is 273 g/mol. The maximum atomic E-state index is 12.1. The summed E-state index contributed by atoms with van der Waals surface area (Å²) < 4.78 is 60.1. The van der Waals surface area contributed by atoms with E-state index < -0.39 is 22.1 Å². The van der Waals surface area contributed by atoms with Crippen molar-refractivity contribution in [1.29, 1.82) is 0 Å². The summed E-state index contributed by atoms with van der Waals surface area (Å²) in [6.45, 7) is 0. The van der Waals surface area contributed by atoms with E-state index in [1.807, 2.05) is 4.72 Å². The van der Waals surface area contributed by atoms with Gasteiger partial charge in [-0.15, -0.1) is 0 Å². The summed E-state index contributed by atoms with van der Waals surface area (Å²) in [6.07, 6.45) is -4.20. The number of para-hydroxylation sites is 2. The van der Waals surface area contributed by atoms with Gasteiger partial charge in [0.2, 0.25) is 10.0 Å². The molecule has 0 aliphatic carbocycles. The van der Waals surface area contributed by atoms with Gasteiger partial charge >= 0.3 is 12.1 Å². The Hall–Kier alpha value is -1.77. The maximum absolute atomic E-state index is 12.1. The van der Waals surface area contributed by atoms with Crippen LogP contribution in [0.4, 0.5) is 24.5 Å². The van der Waals surface area contributed by atoms with Crippen molar-refractivity contribution in [2.24, 2.45) is 0 Å². The second kappa shape index (κ2) is 4.84. The predicted octanol–water partition coefficient (Wildman–Crippen LogP) is 1.56. The highest BCUT2D eigenvalue weighted by Crippen LogP contribution is 2.24. The standard InChI is InChI=1S/C9H9F3N2O3S/c1-18(16,17)14-7-5-3-2-4-6(7)13-8(15)9(10,11)12/h2-5,14H,1H3,(H,13,15). The number of sulfonamides is 1. The molecule has 0 aliphatic heterocycles. The third-order valence-corrected chi connectivity index (χ3v) is 2.32. The van der Waals surface area contributed by atoms with E-state index in [9.17, 15) is 26.4 Å². The predicted molar refractivity (Wildman–Crippen MR) is 59.6 cm³/mol. The molecule has 0 aromatic heterocycles. The van der Waals surface area contributed by atoms with Gasteiger partial charge in [0.1, 0.15) is 0 Å². The molecule has 1 rings (SSSR count). The molecule has 1 aromatic rings. The quantitative estimate of drug-likeness (QED) is 0.883. The number of benzene rings is 1. The highest BCUT2D eigenvalue weighted by atomic mass is 32.2. The van der Waals surface area contributed by atoms with Crippen molar-refractivity contribution < 1.29 is 26.4 Å². The fourth-order valence-corrected chi connectivity index (χ4v) is 1.65. The summed E-state index contributed by atoms with van der Waals surface area (Å²) in [6, 6.07) is 5.15. The number of carbonyl (C=O) groups is 1. The third kappa shape index (κ3) is 4.24. The molecule has 0 spiro atoms. The molecule has 0 saturated heterocycles. The van der Waals surface area contributed by atoms with Gasteiger partial charge in [0.05, 0.1) is 17.6 Å². The summed E-state index contributed by atoms with van der Waals surface area (Å²) >= 11 is 0. The zero-order valence-corrected chi connectivity index (χ0v) is 9.89. The van der Waals surface area contributed by atoms with Crippen LogP contribution in [0.25, 0.3) is 0 Å². The number of hydrogen-bond acceptors (Lipinski definition) is 3. The van der Waals surface area contributed by atoms with Gasteiger partial charge in [-0.25, -0.2) is 8.42 Å². The van der Waals surface area contributed by atoms with Gasteiger partial charge in [-0.05, 0) is 12.1 Å². The molecule has 0 bridgehead atoms. The molecule has 18 heavy (non-hydrogen) atoms. The molecule has 2 N–H and O–H groups in total. The van der Waals surface area contributed by atoms with Crippen molar-refractivity contribution in [2.45, 2.75) is 6.18 Å². The first kappa shape index (κ1) is 14.3. The molecule has 100 valence electrons. The molecule has 1 aromatic carbocycles. The second-order valence-corrected chi connectivity index (χ2v) is 5.12. The van der Waals surface area contributed by atoms with Crippen LogP contribution in [0.5, 0.6) is 0 Å². The van der Waals surface area contributed by atoms with E-state index in [0.717, 1.165) is 12.3 Å². The van der Waals surface area contributed by atoms with E-state index in [0.29, 0.717) is 0 Å². The van der Waals surface area contributed by atoms with Crippen molar-refractivity contribution in [3.8, 4) is 0 Å². The molecule has 0 heterocycles. The first-order chi connectivity index (χ1) is 8.09. The monoisotopic (exact) mass is 282 g/mol. The number of nitrogens with one attached hydrogen (secondary N) is 2. The van der Waals surface area contributed by atoms with Gasteiger partial charge in [-0.2, -0.15) is 13.2 Å². The Morgan fingerprint density at radius 3 is 2.11 bits per heavy atom. The van der Waals surface area contributed by atoms with Crippen LogP contribution in [-0.4, -0.2) is 26.8 Å². The molecule has 0 unspecified atom stereocenters. The lowest BCUT2D eigenvalue weighted by Crippen LogP contribution is -2.30. The molecule has 0 atom stereocenters. The molecule has 0 radical (unpaired) electrons. The van der Waals surface area contributed by atoms with E-state index >= 15 is 0 Å². The average molecular weight is 282 g/mol. The number of amides is 1. The van der Waals surface area contributed by atoms with Gasteiger partial charge in [0, 0.05) is 0 Å². The van der Waals surface area contributed by atoms with Gasteiger partial charge in [0.15, 0.2) is 0 Å². The minimum atomic E-state index is -5.04. The van der Waals surface area contributed by atoms with E-state index in [1.165, 1.54) is 18.2 Å². The summed E-state index contributed by atoms with van der Waals surface area (Å²) in [5.41, 5.74) is -0.414. The zero-order chi connectivity index (χ0) is 14.0. The fourth-order valence-electron chi connectivity index (χ4n) is 1.07. The topological polar surface area (TPSA) is 75.3 Å². The number of rotatable bonds is 3. The van der Waals surface area contributed by atoms with Crippen LogP contribution < -0.4 is 10.0 Å². The minimum absolute atomic E-state index is 0.141. The lowest BCUT2D eigenvalue weighted by molar-refractivity contribution is -0.167. The Labute approximate surface area is 101 Å². The maximum Gasteiger partial charge on any atom is 0.471 e. The zero-order valence-electron chi connectivity index (χ0n) is 9.08. The lowest BCUT2D eigenvalue weighted by atomic mass is 10.2. The van der Waals surface area contributed by atoms with Crippen molar-refractivity contribution >= 4 is 27.3 Å². The van der Waals surface area contributed by atoms with Crippen molar-refractivity contribution in [3.05, 3.63) is 24.3 Å². The van der Waals surface area contributed by atoms with Gasteiger partial charge in [-0.1, -0.05) is 12.1 Å². The molecule has 9 heteroatoms. The largest absolute Gasteiger partial charge is 0.471 e. The van der Waals surface area contributed by atoms with Crippen LogP contribution in [0.15, 0.2) is 24.3 Å². The molecule has 0 saturated carbocycles. The lowest BCUT2D eigenvalue weighted by Gasteiger charge is -2.12. The molecular formula is C9H9F3N2O3S. The van der Waals surface area contributed by atoms with Gasteiger partial charge < -0.3 is 5.32 Å². The Morgan fingerprint density at radius 2 is 1.67 bits per heavy atom. The normalized spacial score (nSPS) is 12.0. The van der Waals surface area contributed by atoms with Crippen LogP contribution in [0.1, 0.15) is 0 Å². The summed E-state index contributed by atoms with van der Waals surface area (Å²) in [4.78, 5) is 10.7. The third-order valence-electron chi connectivity index (χ3n) is 1.73. The highest BCUT2D eigenvalue weighted by Gasteiger charge is 2.39. The van der Waals surface area contributed by atoms with Crippen molar-refractivity contribution in [1.82, 2.24) is 0 Å². The number of carbonyl (C=O) groups excluding carboxylic acids is 1. The second-order valence-electron chi connectivity index (χ2n) is 3.37. The van der Waals surface area contributed by atoms with Crippen LogP contribution >= 0.6 is 0 Å². The van der Waals surface area contributed by atoms with Crippen LogP contribution in [0, 0.1) is 0 Å². The number of anilines is 2. The summed E-state index contributed by atoms with van der Waals surface area (Å²) in [7, 11) is -3.65. The van der Waals surface area contributed by atoms with E-state index in [2.05, 4.69) is 0 Å². The fraction of sp³-hybridized carbons (Fsp3) is 0.222. The number of halogens is 3. The van der Waals surface area contributed by atoms with Gasteiger partial charge in [-0.3, -0.25) is 9.52 Å². The van der Waals surface area contributed by atoms with Gasteiger partial charge in [0.25, 0.3) is 0 Å².